The summed E-state index contributed by atoms with van der Waals surface area (Å²) in [5.74, 6) is 1.65. The maximum absolute atomic E-state index is 12.1. The van der Waals surface area contributed by atoms with E-state index in [-0.39, 0.29) is 5.75 Å². The largest absolute Gasteiger partial charge is 0.463 e. The van der Waals surface area contributed by atoms with Crippen LogP contribution in [0, 0.1) is 0 Å². The zero-order valence-corrected chi connectivity index (χ0v) is 13.9. The normalized spacial score (nSPS) is 16.7. The molecule has 0 amide bonds. The lowest BCUT2D eigenvalue weighted by molar-refractivity contribution is 0.383. The number of furan rings is 1. The van der Waals surface area contributed by atoms with Crippen LogP contribution in [0.3, 0.4) is 0 Å². The molecule has 0 spiro atoms. The topological polar surface area (TPSA) is 79.5 Å². The molecule has 0 unspecified atom stereocenters. The molecule has 0 aliphatic carbocycles. The van der Waals surface area contributed by atoms with E-state index < -0.39 is 10.0 Å². The zero-order chi connectivity index (χ0) is 16.3. The minimum Gasteiger partial charge on any atom is -0.463 e. The van der Waals surface area contributed by atoms with Gasteiger partial charge in [0.25, 0.3) is 0 Å². The Balaban J connectivity index is 1.64. The maximum atomic E-state index is 12.1. The SMILES string of the molecule is CCCS(=O)(=O)N1CCN(c2ccc(-c3ccco3)nn2)CC1. The van der Waals surface area contributed by atoms with Crippen molar-refractivity contribution in [3.05, 3.63) is 30.5 Å². The Kier molecular flexibility index (Phi) is 4.63. The Morgan fingerprint density at radius 3 is 2.48 bits per heavy atom. The molecule has 0 aromatic carbocycles. The van der Waals surface area contributed by atoms with Gasteiger partial charge in [0.1, 0.15) is 5.69 Å². The molecular formula is C15H20N4O3S. The summed E-state index contributed by atoms with van der Waals surface area (Å²) >= 11 is 0. The molecule has 23 heavy (non-hydrogen) atoms. The molecule has 0 saturated carbocycles. The first-order valence-corrected chi connectivity index (χ1v) is 9.31. The second-order valence-corrected chi connectivity index (χ2v) is 7.54. The second kappa shape index (κ2) is 6.67. The Morgan fingerprint density at radius 1 is 1.13 bits per heavy atom. The van der Waals surface area contributed by atoms with Gasteiger partial charge >= 0.3 is 0 Å². The molecule has 0 atom stereocenters. The zero-order valence-electron chi connectivity index (χ0n) is 13.1. The summed E-state index contributed by atoms with van der Waals surface area (Å²) in [7, 11) is -3.12. The number of rotatable bonds is 5. The molecule has 124 valence electrons. The van der Waals surface area contributed by atoms with E-state index in [4.69, 9.17) is 4.42 Å². The van der Waals surface area contributed by atoms with E-state index in [0.29, 0.717) is 44.1 Å². The number of piperazine rings is 1. The van der Waals surface area contributed by atoms with Crippen LogP contribution in [0.15, 0.2) is 34.9 Å². The smallest absolute Gasteiger partial charge is 0.214 e. The van der Waals surface area contributed by atoms with E-state index in [1.165, 1.54) is 0 Å². The molecule has 1 saturated heterocycles. The van der Waals surface area contributed by atoms with Gasteiger partial charge in [0, 0.05) is 26.2 Å². The van der Waals surface area contributed by atoms with Crippen LogP contribution < -0.4 is 4.90 Å². The van der Waals surface area contributed by atoms with Gasteiger partial charge < -0.3 is 9.32 Å². The number of hydrogen-bond donors (Lipinski definition) is 0. The van der Waals surface area contributed by atoms with Gasteiger partial charge in [-0.05, 0) is 30.7 Å². The molecular weight excluding hydrogens is 316 g/mol. The maximum Gasteiger partial charge on any atom is 0.214 e. The summed E-state index contributed by atoms with van der Waals surface area (Å²) in [5, 5.41) is 8.41. The van der Waals surface area contributed by atoms with Crippen LogP contribution in [-0.2, 0) is 10.0 Å². The lowest BCUT2D eigenvalue weighted by Gasteiger charge is -2.34. The van der Waals surface area contributed by atoms with Crippen molar-refractivity contribution in [2.45, 2.75) is 13.3 Å². The molecule has 1 aliphatic heterocycles. The Hall–Kier alpha value is -1.93. The Morgan fingerprint density at radius 2 is 1.91 bits per heavy atom. The van der Waals surface area contributed by atoms with Gasteiger partial charge in [0.05, 0.1) is 12.0 Å². The van der Waals surface area contributed by atoms with Crippen LogP contribution in [0.2, 0.25) is 0 Å². The Labute approximate surface area is 136 Å². The summed E-state index contributed by atoms with van der Waals surface area (Å²) in [4.78, 5) is 2.05. The quantitative estimate of drug-likeness (QED) is 0.825. The van der Waals surface area contributed by atoms with Gasteiger partial charge in [-0.2, -0.15) is 4.31 Å². The van der Waals surface area contributed by atoms with Crippen molar-refractivity contribution in [3.63, 3.8) is 0 Å². The van der Waals surface area contributed by atoms with E-state index in [1.54, 1.807) is 16.6 Å². The van der Waals surface area contributed by atoms with Crippen molar-refractivity contribution < 1.29 is 12.8 Å². The van der Waals surface area contributed by atoms with Gasteiger partial charge in [-0.15, -0.1) is 10.2 Å². The molecule has 2 aromatic heterocycles. The van der Waals surface area contributed by atoms with Crippen LogP contribution >= 0.6 is 0 Å². The predicted octanol–water partition coefficient (Wildman–Crippen LogP) is 1.60. The molecule has 3 heterocycles. The summed E-state index contributed by atoms with van der Waals surface area (Å²) in [6.07, 6.45) is 2.24. The van der Waals surface area contributed by atoms with E-state index >= 15 is 0 Å². The summed E-state index contributed by atoms with van der Waals surface area (Å²) < 4.78 is 31.0. The average molecular weight is 336 g/mol. The second-order valence-electron chi connectivity index (χ2n) is 5.46. The van der Waals surface area contributed by atoms with Crippen molar-refractivity contribution in [1.82, 2.24) is 14.5 Å². The van der Waals surface area contributed by atoms with Gasteiger partial charge in [-0.3, -0.25) is 0 Å². The molecule has 8 heteroatoms. The van der Waals surface area contributed by atoms with Gasteiger partial charge in [0.15, 0.2) is 11.6 Å². The fourth-order valence-electron chi connectivity index (χ4n) is 2.63. The van der Waals surface area contributed by atoms with Crippen LogP contribution in [0.4, 0.5) is 5.82 Å². The molecule has 1 fully saturated rings. The number of anilines is 1. The van der Waals surface area contributed by atoms with Crippen LogP contribution in [0.5, 0.6) is 0 Å². The Bertz CT molecular complexity index is 721. The summed E-state index contributed by atoms with van der Waals surface area (Å²) in [5.41, 5.74) is 0.683. The van der Waals surface area contributed by atoms with Crippen LogP contribution in [-0.4, -0.2) is 54.9 Å². The summed E-state index contributed by atoms with van der Waals surface area (Å²) in [6.45, 7) is 4.10. The van der Waals surface area contributed by atoms with Crippen LogP contribution in [0.25, 0.3) is 11.5 Å². The number of sulfonamides is 1. The summed E-state index contributed by atoms with van der Waals surface area (Å²) in [6, 6.07) is 7.39. The lowest BCUT2D eigenvalue weighted by Crippen LogP contribution is -2.49. The van der Waals surface area contributed by atoms with E-state index in [2.05, 4.69) is 15.1 Å². The van der Waals surface area contributed by atoms with Crippen molar-refractivity contribution in [1.29, 1.82) is 0 Å². The standard InChI is InChI=1S/C15H20N4O3S/c1-2-12-23(20,21)19-9-7-18(8-10-19)15-6-5-13(16-17-15)14-4-3-11-22-14/h3-6,11H,2,7-10,12H2,1H3. The number of aromatic nitrogens is 2. The highest BCUT2D eigenvalue weighted by molar-refractivity contribution is 7.89. The molecule has 0 radical (unpaired) electrons. The van der Waals surface area contributed by atoms with Crippen molar-refractivity contribution >= 4 is 15.8 Å². The molecule has 3 rings (SSSR count). The first-order valence-electron chi connectivity index (χ1n) is 7.70. The first-order chi connectivity index (χ1) is 11.1. The third-order valence-electron chi connectivity index (χ3n) is 3.84. The minimum absolute atomic E-state index is 0.213. The van der Waals surface area contributed by atoms with Crippen molar-refractivity contribution in [2.75, 3.05) is 36.8 Å². The highest BCUT2D eigenvalue weighted by atomic mass is 32.2. The number of nitrogens with zero attached hydrogens (tertiary/aromatic N) is 4. The fraction of sp³-hybridized carbons (Fsp3) is 0.467. The van der Waals surface area contributed by atoms with E-state index in [0.717, 1.165) is 5.82 Å². The monoisotopic (exact) mass is 336 g/mol. The third kappa shape index (κ3) is 3.53. The molecule has 0 bridgehead atoms. The highest BCUT2D eigenvalue weighted by Crippen LogP contribution is 2.20. The van der Waals surface area contributed by atoms with Gasteiger partial charge in [-0.1, -0.05) is 6.92 Å². The van der Waals surface area contributed by atoms with Gasteiger partial charge in [-0.25, -0.2) is 8.42 Å². The fourth-order valence-corrected chi connectivity index (χ4v) is 4.13. The van der Waals surface area contributed by atoms with E-state index in [9.17, 15) is 8.42 Å². The molecule has 2 aromatic rings. The van der Waals surface area contributed by atoms with E-state index in [1.807, 2.05) is 25.1 Å². The minimum atomic E-state index is -3.12. The van der Waals surface area contributed by atoms with Crippen LogP contribution in [0.1, 0.15) is 13.3 Å². The lowest BCUT2D eigenvalue weighted by atomic mass is 10.3. The van der Waals surface area contributed by atoms with Crippen molar-refractivity contribution in [3.8, 4) is 11.5 Å². The third-order valence-corrected chi connectivity index (χ3v) is 5.92. The number of hydrogen-bond acceptors (Lipinski definition) is 6. The van der Waals surface area contributed by atoms with Gasteiger partial charge in [0.2, 0.25) is 10.0 Å². The average Bonchev–Trinajstić information content (AvgIpc) is 3.10. The molecule has 0 N–H and O–H groups in total. The van der Waals surface area contributed by atoms with Crippen molar-refractivity contribution in [2.24, 2.45) is 0 Å². The first kappa shape index (κ1) is 15.9. The molecule has 1 aliphatic rings. The highest BCUT2D eigenvalue weighted by Gasteiger charge is 2.26. The predicted molar refractivity (Wildman–Crippen MR) is 87.6 cm³/mol. The molecule has 7 nitrogen and oxygen atoms in total.